The van der Waals surface area contributed by atoms with Gasteiger partial charge in [0.2, 0.25) is 0 Å². The van der Waals surface area contributed by atoms with E-state index < -0.39 is 0 Å². The Hall–Kier alpha value is -5.09. The molecule has 0 bridgehead atoms. The molecule has 0 N–H and O–H groups in total. The largest absolute Gasteiger partial charge is 0.458 e. The Kier molecular flexibility index (Phi) is 4.92. The highest BCUT2D eigenvalue weighted by Crippen LogP contribution is 2.41. The first-order chi connectivity index (χ1) is 19.3. The molecule has 0 atom stereocenters. The van der Waals surface area contributed by atoms with Gasteiger partial charge in [-0.2, -0.15) is 0 Å². The van der Waals surface area contributed by atoms with Gasteiger partial charge in [0.05, 0.1) is 0 Å². The van der Waals surface area contributed by atoms with Gasteiger partial charge in [0.25, 0.3) is 6.71 Å². The minimum atomic E-state index is -0.00577. The van der Waals surface area contributed by atoms with Crippen molar-refractivity contribution in [3.05, 3.63) is 134 Å². The average molecular weight is 499 g/mol. The summed E-state index contributed by atoms with van der Waals surface area (Å²) >= 11 is 0. The minimum absolute atomic E-state index is 0.00577. The Morgan fingerprint density at radius 2 is 1.10 bits per heavy atom. The Labute approximate surface area is 227 Å². The van der Waals surface area contributed by atoms with Gasteiger partial charge in [0, 0.05) is 29.0 Å². The first kappa shape index (κ1) is 21.9. The van der Waals surface area contributed by atoms with E-state index in [4.69, 9.17) is 9.47 Å². The van der Waals surface area contributed by atoms with Crippen molar-refractivity contribution in [3.63, 3.8) is 0 Å². The Morgan fingerprint density at radius 3 is 1.72 bits per heavy atom. The minimum Gasteiger partial charge on any atom is -0.458 e. The number of pyridine rings is 1. The average Bonchev–Trinajstić information content (AvgIpc) is 3.01. The zero-order valence-corrected chi connectivity index (χ0v) is 21.0. The molecule has 1 aromatic heterocycles. The molecule has 5 aromatic carbocycles. The third-order valence-corrected chi connectivity index (χ3v) is 7.71. The summed E-state index contributed by atoms with van der Waals surface area (Å²) in [7, 11) is 0. The van der Waals surface area contributed by atoms with Crippen LogP contribution in [0.1, 0.15) is 0 Å². The van der Waals surface area contributed by atoms with Crippen LogP contribution in [0.25, 0.3) is 33.4 Å². The lowest BCUT2D eigenvalue weighted by Crippen LogP contribution is -2.57. The molecular weight excluding hydrogens is 477 g/mol. The summed E-state index contributed by atoms with van der Waals surface area (Å²) in [6.07, 6.45) is 3.68. The SMILES string of the molecule is c1ccc(-c2ccc3c(c2)Oc2ccc(-c4cccnc4)c4c2B3c2ccc(-c3ccccc3)cc2O4)cc1. The van der Waals surface area contributed by atoms with Crippen molar-refractivity contribution in [2.45, 2.75) is 0 Å². The van der Waals surface area contributed by atoms with Crippen LogP contribution in [0.2, 0.25) is 0 Å². The molecule has 0 radical (unpaired) electrons. The first-order valence-corrected chi connectivity index (χ1v) is 13.2. The summed E-state index contributed by atoms with van der Waals surface area (Å²) in [6.45, 7) is -0.00577. The summed E-state index contributed by atoms with van der Waals surface area (Å²) < 4.78 is 13.4. The lowest BCUT2D eigenvalue weighted by Gasteiger charge is -2.34. The number of rotatable bonds is 3. The molecule has 0 fully saturated rings. The van der Waals surface area contributed by atoms with Crippen LogP contribution in [0.5, 0.6) is 23.0 Å². The fourth-order valence-corrected chi connectivity index (χ4v) is 5.85. The van der Waals surface area contributed by atoms with Crippen LogP contribution in [0.4, 0.5) is 0 Å². The first-order valence-electron chi connectivity index (χ1n) is 13.2. The molecule has 39 heavy (non-hydrogen) atoms. The second-order valence-electron chi connectivity index (χ2n) is 9.97. The second-order valence-corrected chi connectivity index (χ2v) is 9.97. The maximum Gasteiger partial charge on any atom is 0.260 e. The zero-order chi connectivity index (χ0) is 25.8. The maximum absolute atomic E-state index is 6.77. The molecule has 0 unspecified atom stereocenters. The van der Waals surface area contributed by atoms with Crippen LogP contribution < -0.4 is 25.9 Å². The molecule has 0 aliphatic carbocycles. The number of hydrogen-bond donors (Lipinski definition) is 0. The molecule has 6 aromatic rings. The summed E-state index contributed by atoms with van der Waals surface area (Å²) in [5, 5.41) is 0. The van der Waals surface area contributed by atoms with Gasteiger partial charge >= 0.3 is 0 Å². The van der Waals surface area contributed by atoms with Crippen LogP contribution in [0, 0.1) is 0 Å². The predicted molar refractivity (Wildman–Crippen MR) is 158 cm³/mol. The van der Waals surface area contributed by atoms with Gasteiger partial charge in [-0.05, 0) is 63.5 Å². The van der Waals surface area contributed by atoms with E-state index in [-0.39, 0.29) is 6.71 Å². The summed E-state index contributed by atoms with van der Waals surface area (Å²) in [4.78, 5) is 4.37. The van der Waals surface area contributed by atoms with Gasteiger partial charge in [-0.15, -0.1) is 0 Å². The van der Waals surface area contributed by atoms with Gasteiger partial charge in [-0.1, -0.05) is 91.0 Å². The Balaban J connectivity index is 1.35. The molecule has 0 spiro atoms. The fourth-order valence-electron chi connectivity index (χ4n) is 5.85. The molecule has 2 aliphatic rings. The van der Waals surface area contributed by atoms with Crippen molar-refractivity contribution >= 4 is 23.1 Å². The normalized spacial score (nSPS) is 12.5. The molecule has 0 saturated carbocycles. The number of benzene rings is 5. The van der Waals surface area contributed by atoms with E-state index in [1.807, 2.05) is 24.4 Å². The smallest absolute Gasteiger partial charge is 0.260 e. The number of nitrogens with zero attached hydrogens (tertiary/aromatic N) is 1. The van der Waals surface area contributed by atoms with Crippen LogP contribution >= 0.6 is 0 Å². The van der Waals surface area contributed by atoms with E-state index in [1.165, 1.54) is 5.56 Å². The van der Waals surface area contributed by atoms with Crippen LogP contribution in [0.3, 0.4) is 0 Å². The molecule has 0 saturated heterocycles. The zero-order valence-electron chi connectivity index (χ0n) is 21.0. The van der Waals surface area contributed by atoms with E-state index in [1.54, 1.807) is 6.20 Å². The van der Waals surface area contributed by atoms with Crippen LogP contribution in [-0.4, -0.2) is 11.7 Å². The molecule has 182 valence electrons. The molecule has 3 nitrogen and oxygen atoms in total. The van der Waals surface area contributed by atoms with Gasteiger partial charge < -0.3 is 9.47 Å². The standard InChI is InChI=1S/C35H22BNO2/c1-3-8-23(9-4-1)25-13-16-29-32(20-25)38-31-18-15-28(27-12-7-19-37-22-27)35-34(31)36(29)30-17-14-26(21-33(30)39-35)24-10-5-2-6-11-24/h1-22H. The highest BCUT2D eigenvalue weighted by atomic mass is 16.5. The molecule has 8 rings (SSSR count). The summed E-state index contributed by atoms with van der Waals surface area (Å²) in [6, 6.07) is 42.2. The van der Waals surface area contributed by atoms with E-state index >= 15 is 0 Å². The quantitative estimate of drug-likeness (QED) is 0.250. The third-order valence-electron chi connectivity index (χ3n) is 7.71. The van der Waals surface area contributed by atoms with E-state index in [0.717, 1.165) is 67.2 Å². The van der Waals surface area contributed by atoms with E-state index in [2.05, 4.69) is 108 Å². The Bertz CT molecular complexity index is 1840. The van der Waals surface area contributed by atoms with Gasteiger partial charge in [0.1, 0.15) is 23.0 Å². The maximum atomic E-state index is 6.77. The van der Waals surface area contributed by atoms with Crippen LogP contribution in [0.15, 0.2) is 134 Å². The lowest BCUT2D eigenvalue weighted by molar-refractivity contribution is 0.466. The van der Waals surface area contributed by atoms with Crippen molar-refractivity contribution < 1.29 is 9.47 Å². The third kappa shape index (κ3) is 3.57. The lowest BCUT2D eigenvalue weighted by atomic mass is 9.34. The van der Waals surface area contributed by atoms with Crippen molar-refractivity contribution in [1.82, 2.24) is 4.98 Å². The van der Waals surface area contributed by atoms with Gasteiger partial charge in [-0.3, -0.25) is 4.98 Å². The molecule has 3 heterocycles. The number of fused-ring (bicyclic) bond motifs is 4. The summed E-state index contributed by atoms with van der Waals surface area (Å²) in [5.41, 5.74) is 9.97. The number of ether oxygens (including phenoxy) is 2. The highest BCUT2D eigenvalue weighted by molar-refractivity contribution is 6.98. The number of aromatic nitrogens is 1. The molecule has 2 aliphatic heterocycles. The fraction of sp³-hybridized carbons (Fsp3) is 0. The van der Waals surface area contributed by atoms with E-state index in [9.17, 15) is 0 Å². The van der Waals surface area contributed by atoms with Crippen molar-refractivity contribution in [1.29, 1.82) is 0 Å². The number of hydrogen-bond acceptors (Lipinski definition) is 3. The molecular formula is C35H22BNO2. The molecule has 0 amide bonds. The van der Waals surface area contributed by atoms with Crippen molar-refractivity contribution in [3.8, 4) is 56.4 Å². The predicted octanol–water partition coefficient (Wildman–Crippen LogP) is 6.81. The van der Waals surface area contributed by atoms with Crippen molar-refractivity contribution in [2.75, 3.05) is 0 Å². The van der Waals surface area contributed by atoms with Crippen LogP contribution in [-0.2, 0) is 0 Å². The van der Waals surface area contributed by atoms with Gasteiger partial charge in [0.15, 0.2) is 0 Å². The monoisotopic (exact) mass is 499 g/mol. The van der Waals surface area contributed by atoms with E-state index in [0.29, 0.717) is 0 Å². The van der Waals surface area contributed by atoms with Crippen molar-refractivity contribution in [2.24, 2.45) is 0 Å². The summed E-state index contributed by atoms with van der Waals surface area (Å²) in [5.74, 6) is 3.42. The molecule has 4 heteroatoms. The topological polar surface area (TPSA) is 31.4 Å². The Morgan fingerprint density at radius 1 is 0.487 bits per heavy atom. The second kappa shape index (κ2) is 8.75. The van der Waals surface area contributed by atoms with Gasteiger partial charge in [-0.25, -0.2) is 0 Å². The highest BCUT2D eigenvalue weighted by Gasteiger charge is 2.41.